The van der Waals surface area contributed by atoms with E-state index in [-0.39, 0.29) is 33.9 Å². The van der Waals surface area contributed by atoms with E-state index in [1.54, 1.807) is 7.11 Å². The monoisotopic (exact) mass is 534 g/mol. The molecule has 36 heavy (non-hydrogen) atoms. The number of Topliss-reactive ketones (excluding diaryl/α,β-unsaturated/α-hetero) is 1. The van der Waals surface area contributed by atoms with Gasteiger partial charge >= 0.3 is 0 Å². The molecule has 196 valence electrons. The molecular weight excluding hydrogens is 500 g/mol. The van der Waals surface area contributed by atoms with Crippen LogP contribution in [0.3, 0.4) is 0 Å². The van der Waals surface area contributed by atoms with Crippen LogP contribution in [-0.4, -0.2) is 49.2 Å². The fourth-order valence-electron chi connectivity index (χ4n) is 5.64. The fourth-order valence-corrected chi connectivity index (χ4v) is 8.53. The van der Waals surface area contributed by atoms with Crippen molar-refractivity contribution in [1.82, 2.24) is 14.9 Å². The first-order valence-electron chi connectivity index (χ1n) is 12.2. The second-order valence-electron chi connectivity index (χ2n) is 10.5. The fraction of sp³-hybridized carbons (Fsp3) is 0.600. The van der Waals surface area contributed by atoms with Crippen molar-refractivity contribution in [3.8, 4) is 16.3 Å². The van der Waals surface area contributed by atoms with Gasteiger partial charge in [0, 0.05) is 17.4 Å². The zero-order valence-electron chi connectivity index (χ0n) is 21.3. The molecule has 2 fully saturated rings. The minimum Gasteiger partial charge on any atom is -0.497 e. The van der Waals surface area contributed by atoms with E-state index in [2.05, 4.69) is 20.2 Å². The topological polar surface area (TPSA) is 127 Å². The summed E-state index contributed by atoms with van der Waals surface area (Å²) in [7, 11) is -2.34. The van der Waals surface area contributed by atoms with Gasteiger partial charge in [0.05, 0.1) is 12.9 Å². The molecule has 4 atom stereocenters. The van der Waals surface area contributed by atoms with Crippen molar-refractivity contribution in [3.05, 3.63) is 24.3 Å². The largest absolute Gasteiger partial charge is 0.497 e. The van der Waals surface area contributed by atoms with Crippen LogP contribution < -0.4 is 14.8 Å². The third kappa shape index (κ3) is 4.80. The Balaban J connectivity index is 1.49. The molecule has 2 N–H and O–H groups in total. The average molecular weight is 535 g/mol. The molecule has 2 aliphatic carbocycles. The van der Waals surface area contributed by atoms with Crippen molar-refractivity contribution in [2.24, 2.45) is 22.7 Å². The summed E-state index contributed by atoms with van der Waals surface area (Å²) in [4.78, 5) is 26.1. The van der Waals surface area contributed by atoms with Crippen LogP contribution in [0.15, 0.2) is 24.3 Å². The van der Waals surface area contributed by atoms with Crippen molar-refractivity contribution < 1.29 is 22.7 Å². The number of ether oxygens (including phenoxy) is 1. The predicted octanol–water partition coefficient (Wildman–Crippen LogP) is 3.88. The average Bonchev–Trinajstić information content (AvgIpc) is 3.45. The van der Waals surface area contributed by atoms with Crippen molar-refractivity contribution >= 4 is 38.2 Å². The summed E-state index contributed by atoms with van der Waals surface area (Å²) >= 11 is 1.20. The molecule has 1 heterocycles. The number of ketones is 1. The van der Waals surface area contributed by atoms with Gasteiger partial charge in [0.2, 0.25) is 21.1 Å². The number of benzene rings is 1. The summed E-state index contributed by atoms with van der Waals surface area (Å²) in [6, 6.07) is 6.32. The Morgan fingerprint density at radius 2 is 1.94 bits per heavy atom. The molecule has 0 radical (unpaired) electrons. The molecule has 9 nitrogen and oxygen atoms in total. The van der Waals surface area contributed by atoms with E-state index < -0.39 is 27.4 Å². The van der Waals surface area contributed by atoms with Crippen molar-refractivity contribution in [2.45, 2.75) is 59.4 Å². The number of hydrogen-bond acceptors (Lipinski definition) is 8. The van der Waals surface area contributed by atoms with Crippen LogP contribution in [0, 0.1) is 22.7 Å². The normalized spacial score (nSPS) is 24.5. The van der Waals surface area contributed by atoms with Gasteiger partial charge in [-0.3, -0.25) is 14.9 Å². The van der Waals surface area contributed by atoms with Gasteiger partial charge in [0.1, 0.15) is 22.6 Å². The zero-order chi connectivity index (χ0) is 26.3. The highest BCUT2D eigenvalue weighted by atomic mass is 32.2. The molecule has 1 aromatic carbocycles. The lowest BCUT2D eigenvalue weighted by atomic mass is 9.70. The molecule has 2 aliphatic rings. The second-order valence-corrected chi connectivity index (χ2v) is 13.3. The second kappa shape index (κ2) is 9.83. The lowest BCUT2D eigenvalue weighted by Crippen LogP contribution is -2.52. The quantitative estimate of drug-likeness (QED) is 0.473. The number of carbonyl (C=O) groups is 2. The summed E-state index contributed by atoms with van der Waals surface area (Å²) in [6.45, 7) is 7.72. The third-order valence-electron chi connectivity index (χ3n) is 8.37. The van der Waals surface area contributed by atoms with E-state index in [0.717, 1.165) is 17.7 Å². The Hall–Kier alpha value is -2.37. The van der Waals surface area contributed by atoms with Crippen LogP contribution in [0.5, 0.6) is 5.75 Å². The molecule has 0 spiro atoms. The first kappa shape index (κ1) is 26.7. The van der Waals surface area contributed by atoms with Gasteiger partial charge in [0.25, 0.3) is 0 Å². The number of sulfonamides is 1. The Morgan fingerprint density at radius 3 is 2.50 bits per heavy atom. The molecule has 11 heteroatoms. The van der Waals surface area contributed by atoms with Gasteiger partial charge in [-0.05, 0) is 54.4 Å². The van der Waals surface area contributed by atoms with Crippen LogP contribution in [0.25, 0.3) is 10.6 Å². The van der Waals surface area contributed by atoms with Gasteiger partial charge in [-0.25, -0.2) is 13.1 Å². The lowest BCUT2D eigenvalue weighted by molar-refractivity contribution is -0.128. The van der Waals surface area contributed by atoms with E-state index in [1.807, 2.05) is 52.0 Å². The van der Waals surface area contributed by atoms with Crippen molar-refractivity contribution in [3.63, 3.8) is 0 Å². The summed E-state index contributed by atoms with van der Waals surface area (Å²) in [5.41, 5.74) is -0.449. The maximum atomic E-state index is 13.4. The molecule has 1 amide bonds. The number of aromatic nitrogens is 2. The van der Waals surface area contributed by atoms with E-state index in [9.17, 15) is 18.0 Å². The Morgan fingerprint density at radius 1 is 1.25 bits per heavy atom. The summed E-state index contributed by atoms with van der Waals surface area (Å²) < 4.78 is 34.5. The van der Waals surface area contributed by atoms with E-state index in [0.29, 0.717) is 24.3 Å². The molecule has 0 aliphatic heterocycles. The molecule has 2 bridgehead atoms. The minimum atomic E-state index is -3.93. The van der Waals surface area contributed by atoms with Crippen LogP contribution in [0.4, 0.5) is 5.13 Å². The van der Waals surface area contributed by atoms with E-state index in [1.165, 1.54) is 11.3 Å². The number of carbonyl (C=O) groups excluding carboxylic acids is 2. The summed E-state index contributed by atoms with van der Waals surface area (Å²) in [5.74, 6) is -0.0946. The minimum absolute atomic E-state index is 0.0265. The van der Waals surface area contributed by atoms with E-state index >= 15 is 0 Å². The molecule has 1 aromatic heterocycles. The van der Waals surface area contributed by atoms with E-state index in [4.69, 9.17) is 4.74 Å². The van der Waals surface area contributed by atoms with Crippen LogP contribution in [-0.2, 0) is 19.6 Å². The molecule has 4 unspecified atom stereocenters. The molecular formula is C25H34N4O5S2. The Labute approximate surface area is 216 Å². The Bertz CT molecular complexity index is 1240. The van der Waals surface area contributed by atoms with Crippen LogP contribution >= 0.6 is 11.3 Å². The molecule has 4 rings (SSSR count). The molecule has 2 aromatic rings. The third-order valence-corrected chi connectivity index (χ3v) is 10.7. The van der Waals surface area contributed by atoms with Crippen molar-refractivity contribution in [2.75, 3.05) is 18.2 Å². The van der Waals surface area contributed by atoms with Gasteiger partial charge in [0.15, 0.2) is 0 Å². The highest BCUT2D eigenvalue weighted by Crippen LogP contribution is 2.64. The number of rotatable bonds is 10. The number of nitrogens with one attached hydrogen (secondary N) is 2. The van der Waals surface area contributed by atoms with Crippen LogP contribution in [0.1, 0.15) is 53.4 Å². The van der Waals surface area contributed by atoms with Gasteiger partial charge < -0.3 is 4.74 Å². The molecule has 0 saturated heterocycles. The molecule has 2 saturated carbocycles. The number of fused-ring (bicyclic) bond motifs is 2. The highest BCUT2D eigenvalue weighted by Gasteiger charge is 2.65. The number of anilines is 1. The highest BCUT2D eigenvalue weighted by molar-refractivity contribution is 7.89. The Kier molecular flexibility index (Phi) is 7.29. The number of nitrogens with zero attached hydrogens (tertiary/aromatic N) is 2. The number of amides is 1. The lowest BCUT2D eigenvalue weighted by Gasteiger charge is -2.36. The number of methoxy groups -OCH3 is 1. The maximum absolute atomic E-state index is 13.4. The first-order valence-corrected chi connectivity index (χ1v) is 14.7. The van der Waals surface area contributed by atoms with Gasteiger partial charge in [-0.15, -0.1) is 10.2 Å². The standard InChI is InChI=1S/C25H34N4O5S2/c1-6-15(2)20(29-36(32,33)14-25-12-11-17(13-19(25)30)24(25,3)4)21(31)26-23-28-27-22(35-23)16-7-9-18(34-5)10-8-16/h7-10,15,17,20,29H,6,11-14H2,1-5H3,(H,26,28,31). The summed E-state index contributed by atoms with van der Waals surface area (Å²) in [5, 5.41) is 11.8. The van der Waals surface area contributed by atoms with Gasteiger partial charge in [-0.1, -0.05) is 45.5 Å². The summed E-state index contributed by atoms with van der Waals surface area (Å²) in [6.07, 6.45) is 2.46. The first-order chi connectivity index (χ1) is 16.9. The smallest absolute Gasteiger partial charge is 0.244 e. The number of hydrogen-bond donors (Lipinski definition) is 2. The zero-order valence-corrected chi connectivity index (χ0v) is 23.0. The maximum Gasteiger partial charge on any atom is 0.244 e. The van der Waals surface area contributed by atoms with Gasteiger partial charge in [-0.2, -0.15) is 0 Å². The SMILES string of the molecule is CCC(C)C(NS(=O)(=O)CC12CCC(CC1=O)C2(C)C)C(=O)Nc1nnc(-c2ccc(OC)cc2)s1. The van der Waals surface area contributed by atoms with Crippen molar-refractivity contribution in [1.29, 1.82) is 0 Å². The predicted molar refractivity (Wildman–Crippen MR) is 139 cm³/mol. The van der Waals surface area contributed by atoms with Crippen LogP contribution in [0.2, 0.25) is 0 Å².